The number of piperidine rings is 1. The molecule has 128 valence electrons. The highest BCUT2D eigenvalue weighted by molar-refractivity contribution is 5.68. The minimum absolute atomic E-state index is 0.163. The van der Waals surface area contributed by atoms with E-state index in [0.29, 0.717) is 12.5 Å². The zero-order valence-corrected chi connectivity index (χ0v) is 14.5. The molecule has 1 saturated heterocycles. The second-order valence-corrected chi connectivity index (χ2v) is 6.91. The molecule has 0 radical (unpaired) electrons. The van der Waals surface area contributed by atoms with Crippen molar-refractivity contribution in [3.05, 3.63) is 18.1 Å². The molecule has 2 heterocycles. The molecule has 0 aliphatic carbocycles. The third-order valence-electron chi connectivity index (χ3n) is 3.78. The molecule has 0 aromatic carbocycles. The van der Waals surface area contributed by atoms with Crippen molar-refractivity contribution >= 4 is 6.09 Å². The van der Waals surface area contributed by atoms with E-state index in [0.717, 1.165) is 37.9 Å². The van der Waals surface area contributed by atoms with Crippen LogP contribution in [-0.4, -0.2) is 45.8 Å². The van der Waals surface area contributed by atoms with Gasteiger partial charge in [0.2, 0.25) is 5.88 Å². The van der Waals surface area contributed by atoms with E-state index in [-0.39, 0.29) is 12.1 Å². The number of amides is 1. The molecular weight excluding hydrogens is 294 g/mol. The first-order valence-electron chi connectivity index (χ1n) is 8.27. The lowest BCUT2D eigenvalue weighted by Gasteiger charge is -2.36. The summed E-state index contributed by atoms with van der Waals surface area (Å²) in [7, 11) is 0. The maximum atomic E-state index is 12.4. The summed E-state index contributed by atoms with van der Waals surface area (Å²) in [5.41, 5.74) is 0.312. The third-order valence-corrected chi connectivity index (χ3v) is 3.78. The molecular formula is C17H27N3O3. The zero-order chi connectivity index (χ0) is 16.9. The van der Waals surface area contributed by atoms with E-state index in [2.05, 4.69) is 9.97 Å². The van der Waals surface area contributed by atoms with E-state index in [4.69, 9.17) is 9.47 Å². The number of aryl methyl sites for hydroxylation is 1. The van der Waals surface area contributed by atoms with Crippen LogP contribution in [0.4, 0.5) is 4.79 Å². The van der Waals surface area contributed by atoms with Crippen LogP contribution in [0.2, 0.25) is 0 Å². The summed E-state index contributed by atoms with van der Waals surface area (Å²) in [6.45, 7) is 8.82. The van der Waals surface area contributed by atoms with Crippen LogP contribution in [0.3, 0.4) is 0 Å². The molecule has 6 heteroatoms. The smallest absolute Gasteiger partial charge is 0.410 e. The minimum atomic E-state index is -0.466. The number of hydrogen-bond acceptors (Lipinski definition) is 5. The fraction of sp³-hybridized carbons (Fsp3) is 0.706. The highest BCUT2D eigenvalue weighted by Gasteiger charge is 2.30. The van der Waals surface area contributed by atoms with E-state index >= 15 is 0 Å². The van der Waals surface area contributed by atoms with Crippen molar-refractivity contribution in [1.29, 1.82) is 0 Å². The van der Waals surface area contributed by atoms with E-state index < -0.39 is 5.60 Å². The molecule has 1 unspecified atom stereocenters. The quantitative estimate of drug-likeness (QED) is 0.851. The maximum Gasteiger partial charge on any atom is 0.410 e. The zero-order valence-electron chi connectivity index (χ0n) is 14.5. The molecule has 1 amide bonds. The Morgan fingerprint density at radius 2 is 2.04 bits per heavy atom. The highest BCUT2D eigenvalue weighted by atomic mass is 16.6. The predicted octanol–water partition coefficient (Wildman–Crippen LogP) is 3.34. The van der Waals surface area contributed by atoms with Crippen LogP contribution in [0, 0.1) is 6.92 Å². The van der Waals surface area contributed by atoms with E-state index in [9.17, 15) is 4.79 Å². The van der Waals surface area contributed by atoms with Crippen LogP contribution in [-0.2, 0) is 4.74 Å². The average molecular weight is 321 g/mol. The van der Waals surface area contributed by atoms with Crippen molar-refractivity contribution in [2.75, 3.05) is 13.2 Å². The Balaban J connectivity index is 1.89. The first-order chi connectivity index (χ1) is 10.9. The SMILES string of the molecule is Cc1nccnc1OCCC1CCCCN1C(=O)OC(C)(C)C. The normalized spacial score (nSPS) is 18.6. The predicted molar refractivity (Wildman–Crippen MR) is 87.5 cm³/mol. The second-order valence-electron chi connectivity index (χ2n) is 6.91. The van der Waals surface area contributed by atoms with Gasteiger partial charge in [0, 0.05) is 31.4 Å². The Kier molecular flexibility index (Phi) is 5.80. The van der Waals surface area contributed by atoms with Crippen LogP contribution in [0.1, 0.15) is 52.1 Å². The highest BCUT2D eigenvalue weighted by Crippen LogP contribution is 2.23. The van der Waals surface area contributed by atoms with Gasteiger partial charge in [0.05, 0.1) is 12.3 Å². The molecule has 2 rings (SSSR count). The molecule has 1 aromatic heterocycles. The van der Waals surface area contributed by atoms with Crippen LogP contribution in [0.5, 0.6) is 5.88 Å². The van der Waals surface area contributed by atoms with Gasteiger partial charge in [-0.05, 0) is 47.0 Å². The molecule has 6 nitrogen and oxygen atoms in total. The van der Waals surface area contributed by atoms with Crippen LogP contribution in [0.15, 0.2) is 12.4 Å². The Bertz CT molecular complexity index is 528. The Labute approximate surface area is 138 Å². The van der Waals surface area contributed by atoms with Crippen molar-refractivity contribution in [3.8, 4) is 5.88 Å². The summed E-state index contributed by atoms with van der Waals surface area (Å²) in [5.74, 6) is 0.562. The van der Waals surface area contributed by atoms with E-state index in [1.165, 1.54) is 0 Å². The summed E-state index contributed by atoms with van der Waals surface area (Å²) in [5, 5.41) is 0. The number of aromatic nitrogens is 2. The van der Waals surface area contributed by atoms with Gasteiger partial charge < -0.3 is 14.4 Å². The van der Waals surface area contributed by atoms with Crippen LogP contribution in [0.25, 0.3) is 0 Å². The minimum Gasteiger partial charge on any atom is -0.476 e. The molecule has 0 bridgehead atoms. The number of nitrogens with zero attached hydrogens (tertiary/aromatic N) is 3. The Hall–Kier alpha value is -1.85. The number of carbonyl (C=O) groups is 1. The summed E-state index contributed by atoms with van der Waals surface area (Å²) in [4.78, 5) is 22.5. The largest absolute Gasteiger partial charge is 0.476 e. The van der Waals surface area contributed by atoms with Crippen molar-refractivity contribution in [1.82, 2.24) is 14.9 Å². The van der Waals surface area contributed by atoms with Crippen molar-refractivity contribution in [2.45, 2.75) is 65.0 Å². The second kappa shape index (κ2) is 7.62. The monoisotopic (exact) mass is 321 g/mol. The summed E-state index contributed by atoms with van der Waals surface area (Å²) in [6, 6.07) is 0.163. The Morgan fingerprint density at radius 1 is 1.30 bits per heavy atom. The topological polar surface area (TPSA) is 64.6 Å². The van der Waals surface area contributed by atoms with Gasteiger partial charge in [0.15, 0.2) is 0 Å². The molecule has 1 aliphatic rings. The summed E-state index contributed by atoms with van der Waals surface area (Å²) in [6.07, 6.45) is 6.97. The number of rotatable bonds is 4. The van der Waals surface area contributed by atoms with E-state index in [1.807, 2.05) is 32.6 Å². The molecule has 1 fully saturated rings. The van der Waals surface area contributed by atoms with Crippen molar-refractivity contribution in [2.24, 2.45) is 0 Å². The lowest BCUT2D eigenvalue weighted by molar-refractivity contribution is 0.00736. The van der Waals surface area contributed by atoms with Gasteiger partial charge in [-0.2, -0.15) is 0 Å². The average Bonchev–Trinajstić information content (AvgIpc) is 2.48. The lowest BCUT2D eigenvalue weighted by Crippen LogP contribution is -2.46. The molecule has 0 spiro atoms. The number of likely N-dealkylation sites (tertiary alicyclic amines) is 1. The van der Waals surface area contributed by atoms with E-state index in [1.54, 1.807) is 12.4 Å². The first-order valence-corrected chi connectivity index (χ1v) is 8.27. The van der Waals surface area contributed by atoms with Gasteiger partial charge in [-0.1, -0.05) is 0 Å². The summed E-state index contributed by atoms with van der Waals surface area (Å²) >= 11 is 0. The molecule has 0 saturated carbocycles. The number of hydrogen-bond donors (Lipinski definition) is 0. The van der Waals surface area contributed by atoms with Crippen molar-refractivity contribution in [3.63, 3.8) is 0 Å². The third kappa shape index (κ3) is 5.37. The first kappa shape index (κ1) is 17.5. The van der Waals surface area contributed by atoms with Gasteiger partial charge >= 0.3 is 6.09 Å². The standard InChI is InChI=1S/C17H27N3O3/c1-13-15(19-10-9-18-13)22-12-8-14-7-5-6-11-20(14)16(21)23-17(2,3)4/h9-10,14H,5-8,11-12H2,1-4H3. The molecule has 23 heavy (non-hydrogen) atoms. The fourth-order valence-corrected chi connectivity index (χ4v) is 2.69. The van der Waals surface area contributed by atoms with Gasteiger partial charge in [0.1, 0.15) is 5.60 Å². The molecule has 1 aromatic rings. The van der Waals surface area contributed by atoms with Crippen molar-refractivity contribution < 1.29 is 14.3 Å². The number of ether oxygens (including phenoxy) is 2. The van der Waals surface area contributed by atoms with Gasteiger partial charge in [-0.25, -0.2) is 9.78 Å². The Morgan fingerprint density at radius 3 is 2.74 bits per heavy atom. The molecule has 1 atom stereocenters. The van der Waals surface area contributed by atoms with Crippen LogP contribution >= 0.6 is 0 Å². The van der Waals surface area contributed by atoms with Gasteiger partial charge in [0.25, 0.3) is 0 Å². The van der Waals surface area contributed by atoms with Gasteiger partial charge in [-0.3, -0.25) is 4.98 Å². The molecule has 0 N–H and O–H groups in total. The molecule has 1 aliphatic heterocycles. The lowest BCUT2D eigenvalue weighted by atomic mass is 10.0. The van der Waals surface area contributed by atoms with Crippen LogP contribution < -0.4 is 4.74 Å². The maximum absolute atomic E-state index is 12.4. The summed E-state index contributed by atoms with van der Waals surface area (Å²) < 4.78 is 11.2. The fourth-order valence-electron chi connectivity index (χ4n) is 2.69. The number of carbonyl (C=O) groups excluding carboxylic acids is 1. The van der Waals surface area contributed by atoms with Gasteiger partial charge in [-0.15, -0.1) is 0 Å².